The molecule has 0 amide bonds. The van der Waals surface area contributed by atoms with Crippen molar-refractivity contribution >= 4 is 27.4 Å². The van der Waals surface area contributed by atoms with Crippen molar-refractivity contribution in [2.45, 2.75) is 12.8 Å². The molecule has 2 heterocycles. The Balaban J connectivity index is 1.19. The van der Waals surface area contributed by atoms with E-state index >= 15 is 0 Å². The van der Waals surface area contributed by atoms with Crippen molar-refractivity contribution in [3.63, 3.8) is 0 Å². The minimum absolute atomic E-state index is 0.652. The topological polar surface area (TPSA) is 43.6 Å². The Morgan fingerprint density at radius 3 is 1.76 bits per heavy atom. The van der Waals surface area contributed by atoms with Gasteiger partial charge in [0.2, 0.25) is 0 Å². The molecule has 0 atom stereocenters. The molecule has 232 valence electrons. The summed E-state index contributed by atoms with van der Waals surface area (Å²) in [5.74, 6) is 2.01. The molecule has 1 aliphatic rings. The first-order valence-electron chi connectivity index (χ1n) is 16.8. The number of rotatable bonds is 6. The summed E-state index contributed by atoms with van der Waals surface area (Å²) in [4.78, 5) is 15.2. The molecular formula is C45H32N4. The SMILES string of the molecule is C1=CC(c2nc(-c3ccc(-c4ccccc4)cc3)nc(-c3cccc(-n4c5ccccc5c5ccc(-c6ccccc6)cc54)c3)n2)=CCC1. The van der Waals surface area contributed by atoms with Crippen LogP contribution in [0, 0.1) is 0 Å². The lowest BCUT2D eigenvalue weighted by molar-refractivity contribution is 1.01. The molecule has 8 aromatic rings. The molecule has 0 saturated carbocycles. The van der Waals surface area contributed by atoms with E-state index in [0.717, 1.165) is 51.8 Å². The third-order valence-electron chi connectivity index (χ3n) is 9.28. The standard InChI is InChI=1S/C45H32N4/c1-4-13-31(14-5-1)33-23-25-35(26-24-33)44-46-43(34-17-8-3-9-18-34)47-45(48-44)37-19-12-20-38(29-37)49-41-22-11-10-21-39(41)40-28-27-36(30-42(40)49)32-15-6-2-7-16-32/h1-2,4-8,10-30H,3,9H2. The summed E-state index contributed by atoms with van der Waals surface area (Å²) in [6.45, 7) is 0. The summed E-state index contributed by atoms with van der Waals surface area (Å²) in [6.07, 6.45) is 8.55. The maximum atomic E-state index is 5.09. The molecule has 4 heteroatoms. The van der Waals surface area contributed by atoms with Gasteiger partial charge in [0.1, 0.15) is 0 Å². The average Bonchev–Trinajstić information content (AvgIpc) is 3.52. The first-order chi connectivity index (χ1) is 24.3. The van der Waals surface area contributed by atoms with E-state index < -0.39 is 0 Å². The van der Waals surface area contributed by atoms with Gasteiger partial charge in [0.05, 0.1) is 11.0 Å². The minimum atomic E-state index is 0.652. The van der Waals surface area contributed by atoms with Gasteiger partial charge in [0.15, 0.2) is 17.5 Å². The van der Waals surface area contributed by atoms with Crippen LogP contribution in [0.5, 0.6) is 0 Å². The van der Waals surface area contributed by atoms with E-state index in [0.29, 0.717) is 17.5 Å². The highest BCUT2D eigenvalue weighted by atomic mass is 15.0. The molecule has 49 heavy (non-hydrogen) atoms. The molecule has 0 saturated heterocycles. The molecule has 0 radical (unpaired) electrons. The molecule has 2 aromatic heterocycles. The summed E-state index contributed by atoms with van der Waals surface area (Å²) in [6, 6.07) is 53.5. The highest BCUT2D eigenvalue weighted by molar-refractivity contribution is 6.10. The Bertz CT molecular complexity index is 2520. The van der Waals surface area contributed by atoms with Crippen LogP contribution < -0.4 is 0 Å². The van der Waals surface area contributed by atoms with Gasteiger partial charge in [-0.2, -0.15) is 0 Å². The monoisotopic (exact) mass is 628 g/mol. The van der Waals surface area contributed by atoms with Gasteiger partial charge in [-0.15, -0.1) is 0 Å². The highest BCUT2D eigenvalue weighted by Gasteiger charge is 2.17. The van der Waals surface area contributed by atoms with Crippen LogP contribution in [0.2, 0.25) is 0 Å². The smallest absolute Gasteiger partial charge is 0.164 e. The molecule has 0 spiro atoms. The molecule has 0 unspecified atom stereocenters. The maximum Gasteiger partial charge on any atom is 0.164 e. The van der Waals surface area contributed by atoms with Crippen LogP contribution in [0.4, 0.5) is 0 Å². The zero-order chi connectivity index (χ0) is 32.6. The second kappa shape index (κ2) is 12.3. The van der Waals surface area contributed by atoms with Gasteiger partial charge in [0, 0.05) is 33.2 Å². The Morgan fingerprint density at radius 2 is 1.00 bits per heavy atom. The van der Waals surface area contributed by atoms with Crippen LogP contribution in [0.3, 0.4) is 0 Å². The molecule has 9 rings (SSSR count). The molecule has 1 aliphatic carbocycles. The first kappa shape index (κ1) is 28.8. The Labute approximate surface area is 285 Å². The molecular weight excluding hydrogens is 597 g/mol. The average molecular weight is 629 g/mol. The van der Waals surface area contributed by atoms with Crippen molar-refractivity contribution in [2.75, 3.05) is 0 Å². The predicted molar refractivity (Wildman–Crippen MR) is 202 cm³/mol. The van der Waals surface area contributed by atoms with Gasteiger partial charge in [-0.05, 0) is 59.4 Å². The number of nitrogens with zero attached hydrogens (tertiary/aromatic N) is 4. The zero-order valence-electron chi connectivity index (χ0n) is 26.9. The molecule has 4 nitrogen and oxygen atoms in total. The molecule has 0 N–H and O–H groups in total. The van der Waals surface area contributed by atoms with Crippen molar-refractivity contribution in [2.24, 2.45) is 0 Å². The van der Waals surface area contributed by atoms with Gasteiger partial charge < -0.3 is 4.57 Å². The number of allylic oxidation sites excluding steroid dienone is 4. The molecule has 0 fully saturated rings. The quantitative estimate of drug-likeness (QED) is 0.184. The number of hydrogen-bond donors (Lipinski definition) is 0. The van der Waals surface area contributed by atoms with E-state index in [4.69, 9.17) is 15.0 Å². The summed E-state index contributed by atoms with van der Waals surface area (Å²) < 4.78 is 2.36. The normalized spacial score (nSPS) is 12.8. The van der Waals surface area contributed by atoms with E-state index in [1.54, 1.807) is 0 Å². The number of para-hydroxylation sites is 1. The first-order valence-corrected chi connectivity index (χ1v) is 16.8. The van der Waals surface area contributed by atoms with E-state index in [2.05, 4.69) is 168 Å². The number of benzene rings is 6. The van der Waals surface area contributed by atoms with Gasteiger partial charge in [0.25, 0.3) is 0 Å². The number of hydrogen-bond acceptors (Lipinski definition) is 3. The summed E-state index contributed by atoms with van der Waals surface area (Å²) in [5.41, 5.74) is 11.0. The molecule has 6 aromatic carbocycles. The molecule has 0 bridgehead atoms. The largest absolute Gasteiger partial charge is 0.309 e. The van der Waals surface area contributed by atoms with Crippen molar-refractivity contribution < 1.29 is 0 Å². The Hall–Kier alpha value is -6.39. The van der Waals surface area contributed by atoms with Crippen molar-refractivity contribution in [1.82, 2.24) is 19.5 Å². The number of aromatic nitrogens is 4. The Kier molecular flexibility index (Phi) is 7.25. The third kappa shape index (κ3) is 5.43. The highest BCUT2D eigenvalue weighted by Crippen LogP contribution is 2.36. The van der Waals surface area contributed by atoms with Crippen LogP contribution in [0.15, 0.2) is 170 Å². The lowest BCUT2D eigenvalue weighted by atomic mass is 10.0. The van der Waals surface area contributed by atoms with E-state index in [-0.39, 0.29) is 0 Å². The third-order valence-corrected chi connectivity index (χ3v) is 9.28. The van der Waals surface area contributed by atoms with Gasteiger partial charge in [-0.1, -0.05) is 146 Å². The van der Waals surface area contributed by atoms with Crippen LogP contribution >= 0.6 is 0 Å². The van der Waals surface area contributed by atoms with Crippen LogP contribution in [-0.2, 0) is 0 Å². The predicted octanol–water partition coefficient (Wildman–Crippen LogP) is 11.4. The fourth-order valence-corrected chi connectivity index (χ4v) is 6.83. The van der Waals surface area contributed by atoms with Crippen molar-refractivity contribution in [3.05, 3.63) is 176 Å². The number of fused-ring (bicyclic) bond motifs is 3. The minimum Gasteiger partial charge on any atom is -0.309 e. The van der Waals surface area contributed by atoms with Crippen LogP contribution in [0.25, 0.3) is 78.1 Å². The van der Waals surface area contributed by atoms with E-state index in [1.165, 1.54) is 27.5 Å². The van der Waals surface area contributed by atoms with E-state index in [9.17, 15) is 0 Å². The lowest BCUT2D eigenvalue weighted by Gasteiger charge is -2.13. The van der Waals surface area contributed by atoms with Crippen LogP contribution in [0.1, 0.15) is 18.7 Å². The maximum absolute atomic E-state index is 5.09. The Morgan fingerprint density at radius 1 is 0.408 bits per heavy atom. The van der Waals surface area contributed by atoms with Crippen molar-refractivity contribution in [3.8, 4) is 50.7 Å². The second-order valence-electron chi connectivity index (χ2n) is 12.4. The lowest BCUT2D eigenvalue weighted by Crippen LogP contribution is -2.03. The van der Waals surface area contributed by atoms with Gasteiger partial charge >= 0.3 is 0 Å². The molecule has 0 aliphatic heterocycles. The van der Waals surface area contributed by atoms with Crippen LogP contribution in [-0.4, -0.2) is 19.5 Å². The second-order valence-corrected chi connectivity index (χ2v) is 12.4. The fourth-order valence-electron chi connectivity index (χ4n) is 6.83. The fraction of sp³-hybridized carbons (Fsp3) is 0.0444. The summed E-state index contributed by atoms with van der Waals surface area (Å²) in [7, 11) is 0. The summed E-state index contributed by atoms with van der Waals surface area (Å²) >= 11 is 0. The van der Waals surface area contributed by atoms with Gasteiger partial charge in [-0.3, -0.25) is 0 Å². The zero-order valence-corrected chi connectivity index (χ0v) is 26.9. The summed E-state index contributed by atoms with van der Waals surface area (Å²) in [5, 5.41) is 2.45. The van der Waals surface area contributed by atoms with E-state index in [1.807, 2.05) is 6.07 Å². The van der Waals surface area contributed by atoms with Crippen molar-refractivity contribution in [1.29, 1.82) is 0 Å². The van der Waals surface area contributed by atoms with Gasteiger partial charge in [-0.25, -0.2) is 15.0 Å².